The van der Waals surface area contributed by atoms with Gasteiger partial charge in [-0.3, -0.25) is 0 Å². The smallest absolute Gasteiger partial charge is 0.00696 e. The van der Waals surface area contributed by atoms with Gasteiger partial charge in [0.05, 0.1) is 0 Å². The fourth-order valence-electron chi connectivity index (χ4n) is 3.83. The molecular formula is C19H39N. The summed E-state index contributed by atoms with van der Waals surface area (Å²) in [6, 6.07) is 1.48. The summed E-state index contributed by atoms with van der Waals surface area (Å²) in [4.78, 5) is 0. The minimum Gasteiger partial charge on any atom is -0.311 e. The molecule has 1 heteroatoms. The summed E-state index contributed by atoms with van der Waals surface area (Å²) in [5, 5.41) is 3.97. The lowest BCUT2D eigenvalue weighted by molar-refractivity contribution is 0.295. The number of hydrogen-bond acceptors (Lipinski definition) is 1. The van der Waals surface area contributed by atoms with Crippen LogP contribution in [-0.4, -0.2) is 12.1 Å². The molecular weight excluding hydrogens is 242 g/mol. The van der Waals surface area contributed by atoms with Crippen molar-refractivity contribution in [3.05, 3.63) is 0 Å². The third-order valence-corrected chi connectivity index (χ3v) is 5.36. The average molecular weight is 282 g/mol. The second-order valence-corrected chi connectivity index (χ2v) is 6.99. The lowest BCUT2D eigenvalue weighted by atomic mass is 9.92. The summed E-state index contributed by atoms with van der Waals surface area (Å²) >= 11 is 0. The van der Waals surface area contributed by atoms with Crippen molar-refractivity contribution in [3.8, 4) is 0 Å². The molecule has 0 amide bonds. The van der Waals surface area contributed by atoms with Crippen LogP contribution in [0.25, 0.3) is 0 Å². The van der Waals surface area contributed by atoms with E-state index in [9.17, 15) is 0 Å². The lowest BCUT2D eigenvalue weighted by Crippen LogP contribution is -2.40. The van der Waals surface area contributed by atoms with Gasteiger partial charge in [0.15, 0.2) is 0 Å². The molecule has 120 valence electrons. The van der Waals surface area contributed by atoms with Gasteiger partial charge in [-0.25, -0.2) is 0 Å². The first-order valence-corrected chi connectivity index (χ1v) is 9.54. The van der Waals surface area contributed by atoms with Gasteiger partial charge < -0.3 is 5.32 Å². The van der Waals surface area contributed by atoms with Gasteiger partial charge in [-0.2, -0.15) is 0 Å². The molecule has 0 aromatic rings. The highest BCUT2D eigenvalue weighted by Crippen LogP contribution is 2.19. The fourth-order valence-corrected chi connectivity index (χ4v) is 3.83. The van der Waals surface area contributed by atoms with Crippen LogP contribution in [0, 0.1) is 5.92 Å². The molecule has 1 rings (SSSR count). The molecule has 1 fully saturated rings. The van der Waals surface area contributed by atoms with E-state index in [2.05, 4.69) is 26.1 Å². The highest BCUT2D eigenvalue weighted by Gasteiger charge is 2.17. The van der Waals surface area contributed by atoms with Crippen molar-refractivity contribution in [2.75, 3.05) is 0 Å². The van der Waals surface area contributed by atoms with E-state index in [-0.39, 0.29) is 0 Å². The van der Waals surface area contributed by atoms with Gasteiger partial charge in [-0.15, -0.1) is 0 Å². The summed E-state index contributed by atoms with van der Waals surface area (Å²) in [6.07, 6.45) is 18.6. The highest BCUT2D eigenvalue weighted by molar-refractivity contribution is 4.76. The van der Waals surface area contributed by atoms with Gasteiger partial charge in [0.1, 0.15) is 0 Å². The zero-order valence-corrected chi connectivity index (χ0v) is 14.4. The molecule has 1 saturated carbocycles. The average Bonchev–Trinajstić information content (AvgIpc) is 2.43. The molecule has 0 spiro atoms. The van der Waals surface area contributed by atoms with Crippen molar-refractivity contribution in [3.63, 3.8) is 0 Å². The van der Waals surface area contributed by atoms with E-state index in [0.29, 0.717) is 6.04 Å². The molecule has 0 radical (unpaired) electrons. The van der Waals surface area contributed by atoms with E-state index in [1.54, 1.807) is 0 Å². The molecule has 0 heterocycles. The van der Waals surface area contributed by atoms with Gasteiger partial charge >= 0.3 is 0 Å². The van der Waals surface area contributed by atoms with Gasteiger partial charge in [0.2, 0.25) is 0 Å². The van der Waals surface area contributed by atoms with Crippen molar-refractivity contribution in [2.45, 2.75) is 116 Å². The molecule has 1 aliphatic rings. The van der Waals surface area contributed by atoms with Crippen LogP contribution < -0.4 is 5.32 Å². The third-order valence-electron chi connectivity index (χ3n) is 5.36. The first kappa shape index (κ1) is 18.0. The molecule has 1 unspecified atom stereocenters. The minimum atomic E-state index is 0.697. The van der Waals surface area contributed by atoms with Crippen molar-refractivity contribution < 1.29 is 0 Å². The standard InChI is InChI=1S/C19H39N/c1-4-18(5-2)17(3)20-19-15-13-11-9-7-6-8-10-12-14-16-19/h17-20H,4-16H2,1-3H3. The first-order valence-electron chi connectivity index (χ1n) is 9.54. The van der Waals surface area contributed by atoms with E-state index in [1.807, 2.05) is 0 Å². The molecule has 1 N–H and O–H groups in total. The summed E-state index contributed by atoms with van der Waals surface area (Å²) in [5.41, 5.74) is 0. The summed E-state index contributed by atoms with van der Waals surface area (Å²) in [5.74, 6) is 0.858. The van der Waals surface area contributed by atoms with E-state index in [0.717, 1.165) is 12.0 Å². The van der Waals surface area contributed by atoms with Crippen LogP contribution in [0.5, 0.6) is 0 Å². The van der Waals surface area contributed by atoms with E-state index in [1.165, 1.54) is 83.5 Å². The van der Waals surface area contributed by atoms with Crippen LogP contribution in [0.2, 0.25) is 0 Å². The van der Waals surface area contributed by atoms with Gasteiger partial charge in [0.25, 0.3) is 0 Å². The Bertz CT molecular complexity index is 198. The molecule has 0 aliphatic heterocycles. The Morgan fingerprint density at radius 2 is 1.15 bits per heavy atom. The molecule has 20 heavy (non-hydrogen) atoms. The predicted octanol–water partition coefficient (Wildman–Crippen LogP) is 6.07. The Labute approximate surface area is 128 Å². The van der Waals surface area contributed by atoms with Crippen molar-refractivity contribution >= 4 is 0 Å². The zero-order chi connectivity index (χ0) is 14.6. The summed E-state index contributed by atoms with van der Waals surface area (Å²) in [6.45, 7) is 7.09. The molecule has 1 aliphatic carbocycles. The Morgan fingerprint density at radius 3 is 1.55 bits per heavy atom. The van der Waals surface area contributed by atoms with Crippen LogP contribution in [0.15, 0.2) is 0 Å². The molecule has 1 nitrogen and oxygen atoms in total. The molecule has 1 atom stereocenters. The maximum atomic E-state index is 3.97. The molecule has 0 aromatic heterocycles. The van der Waals surface area contributed by atoms with Gasteiger partial charge in [-0.05, 0) is 25.7 Å². The van der Waals surface area contributed by atoms with E-state index >= 15 is 0 Å². The number of nitrogens with one attached hydrogen (secondary N) is 1. The number of hydrogen-bond donors (Lipinski definition) is 1. The first-order chi connectivity index (χ1) is 9.77. The van der Waals surface area contributed by atoms with E-state index in [4.69, 9.17) is 0 Å². The third kappa shape index (κ3) is 7.67. The van der Waals surface area contributed by atoms with Crippen LogP contribution in [0.3, 0.4) is 0 Å². The van der Waals surface area contributed by atoms with Crippen LogP contribution in [-0.2, 0) is 0 Å². The maximum absolute atomic E-state index is 3.97. The second-order valence-electron chi connectivity index (χ2n) is 6.99. The van der Waals surface area contributed by atoms with Crippen molar-refractivity contribution in [1.82, 2.24) is 5.32 Å². The minimum absolute atomic E-state index is 0.697. The van der Waals surface area contributed by atoms with Crippen molar-refractivity contribution in [2.24, 2.45) is 5.92 Å². The normalized spacial score (nSPS) is 22.2. The SMILES string of the molecule is CCC(CC)C(C)NC1CCCCCCCCCCC1. The Hall–Kier alpha value is -0.0400. The topological polar surface area (TPSA) is 12.0 Å². The highest BCUT2D eigenvalue weighted by atomic mass is 14.9. The maximum Gasteiger partial charge on any atom is 0.00696 e. The Balaban J connectivity index is 2.37. The second kappa shape index (κ2) is 11.6. The monoisotopic (exact) mass is 281 g/mol. The van der Waals surface area contributed by atoms with Crippen LogP contribution in [0.1, 0.15) is 104 Å². The largest absolute Gasteiger partial charge is 0.311 e. The van der Waals surface area contributed by atoms with Crippen molar-refractivity contribution in [1.29, 1.82) is 0 Å². The fraction of sp³-hybridized carbons (Fsp3) is 1.00. The zero-order valence-electron chi connectivity index (χ0n) is 14.4. The molecule has 0 aromatic carbocycles. The van der Waals surface area contributed by atoms with E-state index < -0.39 is 0 Å². The quantitative estimate of drug-likeness (QED) is 0.644. The number of rotatable bonds is 5. The Morgan fingerprint density at radius 1 is 0.750 bits per heavy atom. The predicted molar refractivity (Wildman–Crippen MR) is 91.2 cm³/mol. The Kier molecular flexibility index (Phi) is 10.4. The van der Waals surface area contributed by atoms with Crippen LogP contribution >= 0.6 is 0 Å². The summed E-state index contributed by atoms with van der Waals surface area (Å²) < 4.78 is 0. The summed E-state index contributed by atoms with van der Waals surface area (Å²) in [7, 11) is 0. The molecule has 0 bridgehead atoms. The van der Waals surface area contributed by atoms with Gasteiger partial charge in [0, 0.05) is 12.1 Å². The van der Waals surface area contributed by atoms with Crippen LogP contribution in [0.4, 0.5) is 0 Å². The lowest BCUT2D eigenvalue weighted by Gasteiger charge is -2.29. The molecule has 0 saturated heterocycles. The van der Waals surface area contributed by atoms with Gasteiger partial charge in [-0.1, -0.05) is 84.5 Å².